The summed E-state index contributed by atoms with van der Waals surface area (Å²) in [5.41, 5.74) is 4.46. The lowest BCUT2D eigenvalue weighted by atomic mass is 9.95. The molecule has 1 unspecified atom stereocenters. The molecule has 1 aliphatic rings. The van der Waals surface area contributed by atoms with Crippen molar-refractivity contribution in [2.45, 2.75) is 40.0 Å². The van der Waals surface area contributed by atoms with Gasteiger partial charge in [0.1, 0.15) is 17.7 Å². The van der Waals surface area contributed by atoms with Gasteiger partial charge in [0.2, 0.25) is 0 Å². The molecule has 0 spiro atoms. The maximum Gasteiger partial charge on any atom is 0.401 e. The van der Waals surface area contributed by atoms with Crippen molar-refractivity contribution in [3.05, 3.63) is 47.3 Å². The lowest BCUT2D eigenvalue weighted by Gasteiger charge is -2.37. The summed E-state index contributed by atoms with van der Waals surface area (Å²) in [6, 6.07) is 9.35. The van der Waals surface area contributed by atoms with E-state index in [9.17, 15) is 17.6 Å². The van der Waals surface area contributed by atoms with Gasteiger partial charge in [0, 0.05) is 43.2 Å². The van der Waals surface area contributed by atoms with Crippen LogP contribution in [0.15, 0.2) is 30.3 Å². The van der Waals surface area contributed by atoms with Crippen molar-refractivity contribution < 1.29 is 22.3 Å². The second-order valence-electron chi connectivity index (χ2n) is 8.90. The first kappa shape index (κ1) is 25.2. The fourth-order valence-electron chi connectivity index (χ4n) is 4.73. The van der Waals surface area contributed by atoms with Gasteiger partial charge in [-0.1, -0.05) is 18.2 Å². The van der Waals surface area contributed by atoms with Crippen molar-refractivity contribution in [2.24, 2.45) is 0 Å². The Morgan fingerprint density at radius 3 is 2.40 bits per heavy atom. The van der Waals surface area contributed by atoms with Gasteiger partial charge in [0.05, 0.1) is 30.0 Å². The number of alkyl halides is 4. The molecule has 1 saturated heterocycles. The van der Waals surface area contributed by atoms with Crippen LogP contribution in [0.25, 0.3) is 22.2 Å². The zero-order chi connectivity index (χ0) is 25.3. The fourth-order valence-corrected chi connectivity index (χ4v) is 4.73. The normalized spacial score (nSPS) is 16.1. The standard InChI is InChI=1S/C26H30F4N4O/c1-5-35-24-14-22-21(13-23(24)34-11-9-33(10-12-34)15-26(28,29)30)25(32-18(4)31-22)20-8-6-7-19(16(20)2)17(3)27/h6-8,13-14,17H,5,9-12,15H2,1-4H3. The largest absolute Gasteiger partial charge is 0.492 e. The number of hydrogen-bond acceptors (Lipinski definition) is 5. The van der Waals surface area contributed by atoms with Crippen LogP contribution in [0.5, 0.6) is 5.75 Å². The molecule has 1 atom stereocenters. The van der Waals surface area contributed by atoms with Crippen molar-refractivity contribution >= 4 is 16.6 Å². The van der Waals surface area contributed by atoms with Crippen LogP contribution in [0.4, 0.5) is 23.2 Å². The highest BCUT2D eigenvalue weighted by Crippen LogP contribution is 2.39. The maximum atomic E-state index is 14.2. The van der Waals surface area contributed by atoms with Crippen LogP contribution in [0, 0.1) is 13.8 Å². The number of nitrogens with zero attached hydrogens (tertiary/aromatic N) is 4. The number of anilines is 1. The minimum absolute atomic E-state index is 0.301. The summed E-state index contributed by atoms with van der Waals surface area (Å²) in [5.74, 6) is 1.22. The average Bonchev–Trinajstić information content (AvgIpc) is 2.78. The van der Waals surface area contributed by atoms with E-state index in [-0.39, 0.29) is 0 Å². The third-order valence-corrected chi connectivity index (χ3v) is 6.36. The Kier molecular flexibility index (Phi) is 7.17. The first-order chi connectivity index (χ1) is 16.6. The Hall–Kier alpha value is -2.94. The summed E-state index contributed by atoms with van der Waals surface area (Å²) in [5, 5.41) is 0.790. The molecule has 5 nitrogen and oxygen atoms in total. The van der Waals surface area contributed by atoms with Crippen LogP contribution in [-0.4, -0.2) is 60.4 Å². The van der Waals surface area contributed by atoms with Crippen LogP contribution in [0.2, 0.25) is 0 Å². The zero-order valence-electron chi connectivity index (χ0n) is 20.4. The van der Waals surface area contributed by atoms with E-state index >= 15 is 0 Å². The van der Waals surface area contributed by atoms with Crippen molar-refractivity contribution in [3.63, 3.8) is 0 Å². The number of fused-ring (bicyclic) bond motifs is 1. The predicted octanol–water partition coefficient (Wildman–Crippen LogP) is 6.03. The van der Waals surface area contributed by atoms with Crippen LogP contribution < -0.4 is 9.64 Å². The quantitative estimate of drug-likeness (QED) is 0.395. The molecule has 1 aromatic heterocycles. The number of benzene rings is 2. The first-order valence-corrected chi connectivity index (χ1v) is 11.8. The number of ether oxygens (including phenoxy) is 1. The van der Waals surface area contributed by atoms with Crippen LogP contribution >= 0.6 is 0 Å². The van der Waals surface area contributed by atoms with Gasteiger partial charge >= 0.3 is 6.18 Å². The Bertz CT molecular complexity index is 1200. The van der Waals surface area contributed by atoms with Crippen LogP contribution in [0.1, 0.15) is 37.0 Å². The average molecular weight is 491 g/mol. The Labute approximate surface area is 202 Å². The maximum absolute atomic E-state index is 14.2. The molecular formula is C26H30F4N4O. The molecule has 4 rings (SSSR count). The molecule has 1 fully saturated rings. The Balaban J connectivity index is 1.79. The Morgan fingerprint density at radius 2 is 1.77 bits per heavy atom. The van der Waals surface area contributed by atoms with E-state index in [1.165, 1.54) is 11.8 Å². The van der Waals surface area contributed by atoms with Gasteiger partial charge in [-0.25, -0.2) is 14.4 Å². The molecular weight excluding hydrogens is 460 g/mol. The summed E-state index contributed by atoms with van der Waals surface area (Å²) in [6.07, 6.45) is -5.33. The minimum atomic E-state index is -4.21. The minimum Gasteiger partial charge on any atom is -0.492 e. The number of rotatable bonds is 6. The number of aryl methyl sites for hydroxylation is 1. The molecule has 0 radical (unpaired) electrons. The van der Waals surface area contributed by atoms with Gasteiger partial charge in [0.25, 0.3) is 0 Å². The second-order valence-corrected chi connectivity index (χ2v) is 8.90. The van der Waals surface area contributed by atoms with E-state index in [1.54, 1.807) is 6.07 Å². The number of piperazine rings is 1. The first-order valence-electron chi connectivity index (χ1n) is 11.8. The zero-order valence-corrected chi connectivity index (χ0v) is 20.4. The van der Waals surface area contributed by atoms with Gasteiger partial charge in [-0.3, -0.25) is 4.90 Å². The highest BCUT2D eigenvalue weighted by Gasteiger charge is 2.32. The van der Waals surface area contributed by atoms with E-state index in [1.807, 2.05) is 49.9 Å². The molecule has 1 aliphatic heterocycles. The summed E-state index contributed by atoms with van der Waals surface area (Å²) >= 11 is 0. The molecule has 35 heavy (non-hydrogen) atoms. The van der Waals surface area contributed by atoms with Gasteiger partial charge < -0.3 is 9.64 Å². The molecule has 9 heteroatoms. The topological polar surface area (TPSA) is 41.5 Å². The molecule has 3 aromatic rings. The van der Waals surface area contributed by atoms with E-state index in [0.29, 0.717) is 61.1 Å². The number of hydrogen-bond donors (Lipinski definition) is 0. The van der Waals surface area contributed by atoms with E-state index < -0.39 is 18.9 Å². The second kappa shape index (κ2) is 9.97. The summed E-state index contributed by atoms with van der Waals surface area (Å²) < 4.78 is 58.7. The predicted molar refractivity (Wildman–Crippen MR) is 130 cm³/mol. The highest BCUT2D eigenvalue weighted by atomic mass is 19.4. The number of halogens is 4. The fraction of sp³-hybridized carbons (Fsp3) is 0.462. The lowest BCUT2D eigenvalue weighted by molar-refractivity contribution is -0.146. The summed E-state index contributed by atoms with van der Waals surface area (Å²) in [4.78, 5) is 12.8. The third-order valence-electron chi connectivity index (χ3n) is 6.36. The molecule has 0 amide bonds. The van der Waals surface area contributed by atoms with Crippen molar-refractivity contribution in [3.8, 4) is 17.0 Å². The van der Waals surface area contributed by atoms with Crippen LogP contribution in [0.3, 0.4) is 0 Å². The molecule has 0 saturated carbocycles. The number of aromatic nitrogens is 2. The summed E-state index contributed by atoms with van der Waals surface area (Å²) in [7, 11) is 0. The smallest absolute Gasteiger partial charge is 0.401 e. The van der Waals surface area contributed by atoms with Gasteiger partial charge in [0.15, 0.2) is 0 Å². The monoisotopic (exact) mass is 490 g/mol. The SMILES string of the molecule is CCOc1cc2nc(C)nc(-c3cccc(C(C)F)c3C)c2cc1N1CCN(CC(F)(F)F)CC1. The van der Waals surface area contributed by atoms with Gasteiger partial charge in [-0.05, 0) is 44.9 Å². The van der Waals surface area contributed by atoms with Crippen LogP contribution in [-0.2, 0) is 0 Å². The van der Waals surface area contributed by atoms with Crippen molar-refractivity contribution in [2.75, 3.05) is 44.2 Å². The van der Waals surface area contributed by atoms with Crippen molar-refractivity contribution in [1.82, 2.24) is 14.9 Å². The van der Waals surface area contributed by atoms with E-state index in [2.05, 4.69) is 4.98 Å². The van der Waals surface area contributed by atoms with E-state index in [4.69, 9.17) is 9.72 Å². The lowest BCUT2D eigenvalue weighted by Crippen LogP contribution is -2.49. The van der Waals surface area contributed by atoms with Crippen molar-refractivity contribution in [1.29, 1.82) is 0 Å². The van der Waals surface area contributed by atoms with Gasteiger partial charge in [-0.15, -0.1) is 0 Å². The molecule has 2 aromatic carbocycles. The molecule has 2 heterocycles. The molecule has 0 aliphatic carbocycles. The molecule has 188 valence electrons. The molecule has 0 bridgehead atoms. The third kappa shape index (κ3) is 5.50. The van der Waals surface area contributed by atoms with E-state index in [0.717, 1.165) is 22.2 Å². The van der Waals surface area contributed by atoms with Gasteiger partial charge in [-0.2, -0.15) is 13.2 Å². The summed E-state index contributed by atoms with van der Waals surface area (Å²) in [6.45, 7) is 8.13. The molecule has 0 N–H and O–H groups in total. The highest BCUT2D eigenvalue weighted by molar-refractivity contribution is 5.97. The Morgan fingerprint density at radius 1 is 1.06 bits per heavy atom.